The highest BCUT2D eigenvalue weighted by molar-refractivity contribution is 6.31. The Morgan fingerprint density at radius 2 is 2.42 bits per heavy atom. The molecular formula is C12H14ClN5O. The van der Waals surface area contributed by atoms with Gasteiger partial charge in [-0.3, -0.25) is 14.6 Å². The average Bonchev–Trinajstić information content (AvgIpc) is 2.96. The zero-order valence-electron chi connectivity index (χ0n) is 10.6. The van der Waals surface area contributed by atoms with E-state index in [1.54, 1.807) is 30.2 Å². The number of hydrogen-bond donors (Lipinski definition) is 2. The van der Waals surface area contributed by atoms with E-state index >= 15 is 0 Å². The molecule has 2 rings (SSSR count). The topological polar surface area (TPSA) is 75.6 Å². The molecule has 6 nitrogen and oxygen atoms in total. The van der Waals surface area contributed by atoms with Gasteiger partial charge in [0.1, 0.15) is 5.15 Å². The SMILES string of the molecule is Cc1nn(C)c(Cl)c1/C=C/C(=O)NCc1cn[nH]c1. The van der Waals surface area contributed by atoms with E-state index in [9.17, 15) is 4.79 Å². The Bertz CT molecular complexity index is 600. The van der Waals surface area contributed by atoms with Crippen molar-refractivity contribution in [3.8, 4) is 0 Å². The van der Waals surface area contributed by atoms with Crippen LogP contribution in [0.15, 0.2) is 18.5 Å². The van der Waals surface area contributed by atoms with Gasteiger partial charge in [0.25, 0.3) is 0 Å². The summed E-state index contributed by atoms with van der Waals surface area (Å²) in [5.74, 6) is -0.194. The van der Waals surface area contributed by atoms with Gasteiger partial charge in [-0.25, -0.2) is 0 Å². The van der Waals surface area contributed by atoms with Gasteiger partial charge < -0.3 is 5.32 Å². The molecule has 0 aromatic carbocycles. The molecule has 0 aliphatic heterocycles. The standard InChI is InChI=1S/C12H14ClN5O/c1-8-10(12(13)18(2)17-8)3-4-11(19)14-5-9-6-15-16-7-9/h3-4,6-7H,5H2,1-2H3,(H,14,19)(H,15,16)/b4-3+. The summed E-state index contributed by atoms with van der Waals surface area (Å²) in [7, 11) is 1.76. The Morgan fingerprint density at radius 1 is 1.63 bits per heavy atom. The van der Waals surface area contributed by atoms with Gasteiger partial charge in [-0.2, -0.15) is 10.2 Å². The molecule has 0 radical (unpaired) electrons. The smallest absolute Gasteiger partial charge is 0.244 e. The minimum atomic E-state index is -0.194. The summed E-state index contributed by atoms with van der Waals surface area (Å²) in [6, 6.07) is 0. The van der Waals surface area contributed by atoms with E-state index in [-0.39, 0.29) is 5.91 Å². The molecule has 0 atom stereocenters. The number of aryl methyl sites for hydroxylation is 2. The number of amides is 1. The van der Waals surface area contributed by atoms with Crippen molar-refractivity contribution in [1.29, 1.82) is 0 Å². The average molecular weight is 280 g/mol. The number of nitrogens with zero attached hydrogens (tertiary/aromatic N) is 3. The summed E-state index contributed by atoms with van der Waals surface area (Å²) < 4.78 is 1.57. The molecule has 0 spiro atoms. The van der Waals surface area contributed by atoms with Gasteiger partial charge in [0, 0.05) is 37.0 Å². The lowest BCUT2D eigenvalue weighted by Gasteiger charge is -1.98. The third-order valence-electron chi connectivity index (χ3n) is 2.62. The number of hydrogen-bond acceptors (Lipinski definition) is 3. The summed E-state index contributed by atoms with van der Waals surface area (Å²) in [6.45, 7) is 2.27. The monoisotopic (exact) mass is 279 g/mol. The zero-order chi connectivity index (χ0) is 13.8. The first-order valence-electron chi connectivity index (χ1n) is 5.70. The highest BCUT2D eigenvalue weighted by atomic mass is 35.5. The van der Waals surface area contributed by atoms with E-state index in [0.29, 0.717) is 11.7 Å². The molecule has 19 heavy (non-hydrogen) atoms. The molecule has 2 aromatic heterocycles. The minimum absolute atomic E-state index is 0.194. The largest absolute Gasteiger partial charge is 0.348 e. The number of nitrogens with one attached hydrogen (secondary N) is 2. The van der Waals surface area contributed by atoms with Crippen molar-refractivity contribution in [2.75, 3.05) is 0 Å². The maximum atomic E-state index is 11.6. The fraction of sp³-hybridized carbons (Fsp3) is 0.250. The normalized spacial score (nSPS) is 11.1. The van der Waals surface area contributed by atoms with Gasteiger partial charge in [0.05, 0.1) is 11.9 Å². The van der Waals surface area contributed by atoms with E-state index in [4.69, 9.17) is 11.6 Å². The van der Waals surface area contributed by atoms with Crippen LogP contribution in [-0.2, 0) is 18.4 Å². The van der Waals surface area contributed by atoms with E-state index < -0.39 is 0 Å². The molecule has 1 amide bonds. The number of halogens is 1. The van der Waals surface area contributed by atoms with Crippen LogP contribution in [0.2, 0.25) is 5.15 Å². The second-order valence-electron chi connectivity index (χ2n) is 4.07. The molecule has 2 aromatic rings. The van der Waals surface area contributed by atoms with Crippen molar-refractivity contribution in [3.63, 3.8) is 0 Å². The van der Waals surface area contributed by atoms with E-state index in [0.717, 1.165) is 16.8 Å². The van der Waals surface area contributed by atoms with Crippen LogP contribution in [0, 0.1) is 6.92 Å². The van der Waals surface area contributed by atoms with Crippen molar-refractivity contribution >= 4 is 23.6 Å². The number of aromatic nitrogens is 4. The summed E-state index contributed by atoms with van der Waals surface area (Å²) in [4.78, 5) is 11.6. The van der Waals surface area contributed by atoms with Gasteiger partial charge in [0.15, 0.2) is 0 Å². The quantitative estimate of drug-likeness (QED) is 0.832. The molecule has 0 fully saturated rings. The van der Waals surface area contributed by atoms with Crippen LogP contribution in [0.25, 0.3) is 6.08 Å². The Balaban J connectivity index is 1.96. The number of H-pyrrole nitrogens is 1. The molecule has 2 heterocycles. The summed E-state index contributed by atoms with van der Waals surface area (Å²) in [5, 5.41) is 13.9. The summed E-state index contributed by atoms with van der Waals surface area (Å²) >= 11 is 6.06. The van der Waals surface area contributed by atoms with E-state index in [2.05, 4.69) is 20.6 Å². The molecule has 0 aliphatic carbocycles. The second kappa shape index (κ2) is 5.71. The Morgan fingerprint density at radius 3 is 3.00 bits per heavy atom. The first-order valence-corrected chi connectivity index (χ1v) is 6.08. The second-order valence-corrected chi connectivity index (χ2v) is 4.43. The maximum Gasteiger partial charge on any atom is 0.244 e. The Labute approximate surface area is 115 Å². The third kappa shape index (κ3) is 3.23. The molecule has 0 aliphatic rings. The number of aromatic amines is 1. The summed E-state index contributed by atoms with van der Waals surface area (Å²) in [6.07, 6.45) is 6.49. The molecule has 2 N–H and O–H groups in total. The van der Waals surface area contributed by atoms with Gasteiger partial charge in [-0.15, -0.1) is 0 Å². The Kier molecular flexibility index (Phi) is 4.01. The van der Waals surface area contributed by atoms with Gasteiger partial charge in [-0.05, 0) is 13.0 Å². The number of rotatable bonds is 4. The zero-order valence-corrected chi connectivity index (χ0v) is 11.4. The van der Waals surface area contributed by atoms with Crippen LogP contribution in [0.3, 0.4) is 0 Å². The number of carbonyl (C=O) groups excluding carboxylic acids is 1. The first-order chi connectivity index (χ1) is 9.08. The van der Waals surface area contributed by atoms with Crippen molar-refractivity contribution in [1.82, 2.24) is 25.3 Å². The van der Waals surface area contributed by atoms with E-state index in [1.807, 2.05) is 6.92 Å². The minimum Gasteiger partial charge on any atom is -0.348 e. The molecule has 7 heteroatoms. The van der Waals surface area contributed by atoms with Crippen molar-refractivity contribution < 1.29 is 4.79 Å². The highest BCUT2D eigenvalue weighted by Gasteiger charge is 2.08. The molecule has 0 saturated heterocycles. The van der Waals surface area contributed by atoms with Crippen molar-refractivity contribution in [3.05, 3.63) is 40.4 Å². The molecular weight excluding hydrogens is 266 g/mol. The van der Waals surface area contributed by atoms with Gasteiger partial charge in [-0.1, -0.05) is 11.6 Å². The first kappa shape index (κ1) is 13.4. The summed E-state index contributed by atoms with van der Waals surface area (Å²) in [5.41, 5.74) is 2.45. The highest BCUT2D eigenvalue weighted by Crippen LogP contribution is 2.19. The van der Waals surface area contributed by atoms with Gasteiger partial charge >= 0.3 is 0 Å². The molecule has 0 saturated carbocycles. The fourth-order valence-corrected chi connectivity index (χ4v) is 1.85. The third-order valence-corrected chi connectivity index (χ3v) is 3.07. The maximum absolute atomic E-state index is 11.6. The predicted octanol–water partition coefficient (Wildman–Crippen LogP) is 1.43. The molecule has 100 valence electrons. The van der Waals surface area contributed by atoms with Crippen LogP contribution < -0.4 is 5.32 Å². The van der Waals surface area contributed by atoms with Crippen molar-refractivity contribution in [2.45, 2.75) is 13.5 Å². The molecule has 0 bridgehead atoms. The van der Waals surface area contributed by atoms with Crippen LogP contribution in [0.5, 0.6) is 0 Å². The Hall–Kier alpha value is -2.08. The lowest BCUT2D eigenvalue weighted by Crippen LogP contribution is -2.19. The van der Waals surface area contributed by atoms with Crippen LogP contribution in [0.4, 0.5) is 0 Å². The van der Waals surface area contributed by atoms with Crippen molar-refractivity contribution in [2.24, 2.45) is 7.05 Å². The molecule has 0 unspecified atom stereocenters. The van der Waals surface area contributed by atoms with Crippen LogP contribution in [0.1, 0.15) is 16.8 Å². The van der Waals surface area contributed by atoms with Crippen LogP contribution >= 0.6 is 11.6 Å². The van der Waals surface area contributed by atoms with Crippen LogP contribution in [-0.4, -0.2) is 25.9 Å². The predicted molar refractivity (Wildman–Crippen MR) is 72.4 cm³/mol. The number of carbonyl (C=O) groups is 1. The lowest BCUT2D eigenvalue weighted by molar-refractivity contribution is -0.116. The van der Waals surface area contributed by atoms with Gasteiger partial charge in [0.2, 0.25) is 5.91 Å². The lowest BCUT2D eigenvalue weighted by atomic mass is 10.2. The fourth-order valence-electron chi connectivity index (χ4n) is 1.62. The van der Waals surface area contributed by atoms with E-state index in [1.165, 1.54) is 6.08 Å².